The van der Waals surface area contributed by atoms with Gasteiger partial charge in [0.1, 0.15) is 12.1 Å². The van der Waals surface area contributed by atoms with Crippen molar-refractivity contribution in [3.05, 3.63) is 11.9 Å². The number of β-amino-alcohol motifs (C(OH)–C–C–N with tert-alkyl or cyclic N) is 1. The fraction of sp³-hybridized carbons (Fsp3) is 0.792. The van der Waals surface area contributed by atoms with Gasteiger partial charge >= 0.3 is 0 Å². The van der Waals surface area contributed by atoms with Gasteiger partial charge in [-0.3, -0.25) is 14.4 Å². The number of aliphatic hydroxyl groups is 1. The first-order valence-corrected chi connectivity index (χ1v) is 12.6. The molecule has 2 saturated heterocycles. The van der Waals surface area contributed by atoms with E-state index >= 15 is 0 Å². The third-order valence-corrected chi connectivity index (χ3v) is 7.91. The monoisotopic (exact) mass is 472 g/mol. The van der Waals surface area contributed by atoms with Gasteiger partial charge in [-0.1, -0.05) is 32.4 Å². The molecule has 186 valence electrons. The lowest BCUT2D eigenvalue weighted by Gasteiger charge is -2.35. The Balaban J connectivity index is 1.31. The van der Waals surface area contributed by atoms with Crippen molar-refractivity contribution < 1.29 is 19.5 Å². The van der Waals surface area contributed by atoms with Crippen LogP contribution in [0.15, 0.2) is 6.20 Å². The van der Waals surface area contributed by atoms with Gasteiger partial charge in [0, 0.05) is 37.5 Å². The van der Waals surface area contributed by atoms with Crippen LogP contribution in [0, 0.1) is 11.3 Å². The Hall–Kier alpha value is -2.49. The van der Waals surface area contributed by atoms with E-state index in [1.54, 1.807) is 4.68 Å². The molecule has 3 N–H and O–H groups in total. The molecule has 5 rings (SSSR count). The second kappa shape index (κ2) is 8.32. The molecule has 10 nitrogen and oxygen atoms in total. The molecule has 3 amide bonds. The van der Waals surface area contributed by atoms with Gasteiger partial charge in [-0.25, -0.2) is 4.68 Å². The second-order valence-electron chi connectivity index (χ2n) is 11.8. The van der Waals surface area contributed by atoms with Gasteiger partial charge in [-0.15, -0.1) is 5.10 Å². The SMILES string of the molecule is CC(C)(C)[C@@H](C(=O)N1C[C@H](O)C[C@H]1C(=O)NCC12CCCC(C1)C(=O)N2)n1cc(C2CC2)nn1. The fourth-order valence-corrected chi connectivity index (χ4v) is 5.97. The van der Waals surface area contributed by atoms with Gasteiger partial charge in [-0.2, -0.15) is 0 Å². The standard InChI is InChI=1S/C24H36N6O4/c1-23(2,3)19(30-12-17(27-28-30)14-6-7-14)22(34)29-11-16(31)9-18(29)21(33)25-13-24-8-4-5-15(10-24)20(32)26-24/h12,14-16,18-19,31H,4-11,13H2,1-3H3,(H,25,33)(H,26,32)/t15?,16-,18+,19-,24?/m1/s1. The highest BCUT2D eigenvalue weighted by atomic mass is 16.3. The van der Waals surface area contributed by atoms with E-state index in [4.69, 9.17) is 0 Å². The van der Waals surface area contributed by atoms with Gasteiger partial charge in [0.15, 0.2) is 0 Å². The van der Waals surface area contributed by atoms with E-state index in [1.165, 1.54) is 4.90 Å². The second-order valence-corrected chi connectivity index (χ2v) is 11.8. The molecule has 0 spiro atoms. The van der Waals surface area contributed by atoms with Crippen molar-refractivity contribution in [1.82, 2.24) is 30.5 Å². The Bertz CT molecular complexity index is 982. The van der Waals surface area contributed by atoms with Crippen molar-refractivity contribution in [2.45, 2.75) is 95.4 Å². The zero-order valence-corrected chi connectivity index (χ0v) is 20.3. The summed E-state index contributed by atoms with van der Waals surface area (Å²) in [4.78, 5) is 40.7. The molecule has 1 aromatic heterocycles. The molecule has 2 unspecified atom stereocenters. The molecule has 4 aliphatic rings. The summed E-state index contributed by atoms with van der Waals surface area (Å²) < 4.78 is 1.63. The van der Waals surface area contributed by atoms with Crippen LogP contribution in [-0.2, 0) is 14.4 Å². The van der Waals surface area contributed by atoms with Crippen LogP contribution in [-0.4, -0.2) is 73.5 Å². The minimum absolute atomic E-state index is 0.0350. The van der Waals surface area contributed by atoms with Crippen LogP contribution in [0.3, 0.4) is 0 Å². The summed E-state index contributed by atoms with van der Waals surface area (Å²) in [5.41, 5.74) is 0.0430. The van der Waals surface area contributed by atoms with E-state index in [0.29, 0.717) is 12.5 Å². The molecular weight excluding hydrogens is 436 g/mol. The molecule has 4 fully saturated rings. The summed E-state index contributed by atoms with van der Waals surface area (Å²) in [6.07, 6.45) is 6.91. The van der Waals surface area contributed by atoms with Gasteiger partial charge in [0.05, 0.1) is 17.3 Å². The fourth-order valence-electron chi connectivity index (χ4n) is 5.97. The maximum absolute atomic E-state index is 13.8. The highest BCUT2D eigenvalue weighted by Gasteiger charge is 2.49. The minimum atomic E-state index is -0.763. The Morgan fingerprint density at radius 2 is 2.06 bits per heavy atom. The number of aromatic nitrogens is 3. The number of nitrogens with zero attached hydrogens (tertiary/aromatic N) is 4. The van der Waals surface area contributed by atoms with Crippen LogP contribution in [0.25, 0.3) is 0 Å². The van der Waals surface area contributed by atoms with Crippen molar-refractivity contribution in [3.8, 4) is 0 Å². The molecule has 5 atom stereocenters. The smallest absolute Gasteiger partial charge is 0.248 e. The summed E-state index contributed by atoms with van der Waals surface area (Å²) in [6, 6.07) is -1.40. The average molecular weight is 473 g/mol. The lowest BCUT2D eigenvalue weighted by molar-refractivity contribution is -0.144. The predicted molar refractivity (Wildman–Crippen MR) is 122 cm³/mol. The van der Waals surface area contributed by atoms with Gasteiger partial charge in [-0.05, 0) is 37.5 Å². The number of likely N-dealkylation sites (tertiary alicyclic amines) is 1. The lowest BCUT2D eigenvalue weighted by atomic mass is 9.80. The summed E-state index contributed by atoms with van der Waals surface area (Å²) in [5.74, 6) is 0.0134. The number of fused-ring (bicyclic) bond motifs is 2. The van der Waals surface area contributed by atoms with Crippen molar-refractivity contribution in [1.29, 1.82) is 0 Å². The average Bonchev–Trinajstić information content (AvgIpc) is 3.30. The number of carbonyl (C=O) groups is 3. The Morgan fingerprint density at radius 1 is 1.29 bits per heavy atom. The molecule has 10 heteroatoms. The topological polar surface area (TPSA) is 129 Å². The summed E-state index contributed by atoms with van der Waals surface area (Å²) in [5, 5.41) is 25.0. The van der Waals surface area contributed by atoms with E-state index in [2.05, 4.69) is 20.9 Å². The number of hydrogen-bond donors (Lipinski definition) is 3. The van der Waals surface area contributed by atoms with Crippen LogP contribution in [0.2, 0.25) is 0 Å². The molecule has 3 heterocycles. The van der Waals surface area contributed by atoms with Crippen LogP contribution < -0.4 is 10.6 Å². The summed E-state index contributed by atoms with van der Waals surface area (Å²) in [6.45, 7) is 6.36. The van der Waals surface area contributed by atoms with Gasteiger partial charge < -0.3 is 20.6 Å². The highest BCUT2D eigenvalue weighted by Crippen LogP contribution is 2.41. The molecule has 0 aromatic carbocycles. The summed E-state index contributed by atoms with van der Waals surface area (Å²) in [7, 11) is 0. The van der Waals surface area contributed by atoms with Crippen molar-refractivity contribution in [3.63, 3.8) is 0 Å². The van der Waals surface area contributed by atoms with E-state index in [-0.39, 0.29) is 36.6 Å². The minimum Gasteiger partial charge on any atom is -0.391 e. The number of nitrogens with one attached hydrogen (secondary N) is 2. The van der Waals surface area contributed by atoms with Gasteiger partial charge in [0.2, 0.25) is 17.7 Å². The number of amides is 3. The van der Waals surface area contributed by atoms with Crippen LogP contribution in [0.4, 0.5) is 0 Å². The molecule has 2 aliphatic heterocycles. The molecule has 34 heavy (non-hydrogen) atoms. The number of carbonyl (C=O) groups excluding carboxylic acids is 3. The van der Waals surface area contributed by atoms with E-state index in [1.807, 2.05) is 27.0 Å². The molecule has 0 radical (unpaired) electrons. The lowest BCUT2D eigenvalue weighted by Crippen LogP contribution is -2.55. The summed E-state index contributed by atoms with van der Waals surface area (Å²) >= 11 is 0. The first kappa shape index (κ1) is 23.3. The van der Waals surface area contributed by atoms with Crippen molar-refractivity contribution in [2.75, 3.05) is 13.1 Å². The largest absolute Gasteiger partial charge is 0.391 e. The van der Waals surface area contributed by atoms with Crippen LogP contribution >= 0.6 is 0 Å². The molecule has 2 aliphatic carbocycles. The van der Waals surface area contributed by atoms with E-state index < -0.39 is 29.1 Å². The van der Waals surface area contributed by atoms with E-state index in [9.17, 15) is 19.5 Å². The number of rotatable bonds is 6. The van der Waals surface area contributed by atoms with Crippen molar-refractivity contribution in [2.24, 2.45) is 11.3 Å². The molecule has 2 bridgehead atoms. The maximum Gasteiger partial charge on any atom is 0.248 e. The first-order valence-electron chi connectivity index (χ1n) is 12.6. The molecule has 1 aromatic rings. The van der Waals surface area contributed by atoms with Crippen molar-refractivity contribution >= 4 is 17.7 Å². The zero-order valence-electron chi connectivity index (χ0n) is 20.3. The molecule has 2 saturated carbocycles. The molecular formula is C24H36N6O4. The number of hydrogen-bond acceptors (Lipinski definition) is 6. The quantitative estimate of drug-likeness (QED) is 0.564. The Kier molecular flexibility index (Phi) is 5.69. The zero-order chi connectivity index (χ0) is 24.3. The van der Waals surface area contributed by atoms with Crippen LogP contribution in [0.5, 0.6) is 0 Å². The van der Waals surface area contributed by atoms with Gasteiger partial charge in [0.25, 0.3) is 0 Å². The first-order chi connectivity index (χ1) is 16.1. The third-order valence-electron chi connectivity index (χ3n) is 7.91. The van der Waals surface area contributed by atoms with Crippen LogP contribution in [0.1, 0.15) is 83.4 Å². The maximum atomic E-state index is 13.8. The van der Waals surface area contributed by atoms with E-state index in [0.717, 1.165) is 44.2 Å². The number of aliphatic hydroxyl groups excluding tert-OH is 1. The highest BCUT2D eigenvalue weighted by molar-refractivity contribution is 5.90. The Labute approximate surface area is 199 Å². The third kappa shape index (κ3) is 4.32. The normalized spacial score (nSPS) is 31.9. The Morgan fingerprint density at radius 3 is 2.76 bits per heavy atom. The predicted octanol–water partition coefficient (Wildman–Crippen LogP) is 0.880.